The summed E-state index contributed by atoms with van der Waals surface area (Å²) in [7, 11) is -2.60. The van der Waals surface area contributed by atoms with Crippen LogP contribution in [0.5, 0.6) is 5.75 Å². The highest BCUT2D eigenvalue weighted by Crippen LogP contribution is 2.28. The zero-order valence-corrected chi connectivity index (χ0v) is 10.0. The molecule has 2 aromatic rings. The van der Waals surface area contributed by atoms with Crippen LogP contribution < -0.4 is 4.52 Å². The van der Waals surface area contributed by atoms with Crippen LogP contribution in [0.3, 0.4) is 0 Å². The molecule has 3 nitrogen and oxygen atoms in total. The van der Waals surface area contributed by atoms with Gasteiger partial charge in [-0.15, -0.1) is 4.89 Å². The highest BCUT2D eigenvalue weighted by Gasteiger charge is 2.13. The zero-order chi connectivity index (χ0) is 10.8. The molecule has 15 heavy (non-hydrogen) atoms. The Morgan fingerprint density at radius 2 is 1.80 bits per heavy atom. The van der Waals surface area contributed by atoms with Gasteiger partial charge in [-0.25, -0.2) is 4.52 Å². The van der Waals surface area contributed by atoms with Crippen LogP contribution in [0, 0.1) is 0 Å². The second kappa shape index (κ2) is 4.27. The van der Waals surface area contributed by atoms with Crippen LogP contribution in [0.15, 0.2) is 40.9 Å². The average molecular weight is 286 g/mol. The monoisotopic (exact) mass is 285 g/mol. The fourth-order valence-electron chi connectivity index (χ4n) is 1.34. The molecule has 1 atom stereocenters. The molecule has 76 valence electrons. The molecule has 0 fully saturated rings. The Bertz CT molecular complexity index is 527. The van der Waals surface area contributed by atoms with E-state index in [2.05, 4.69) is 15.9 Å². The van der Waals surface area contributed by atoms with Crippen LogP contribution in [-0.4, -0.2) is 4.89 Å². The van der Waals surface area contributed by atoms with E-state index in [0.29, 0.717) is 5.75 Å². The van der Waals surface area contributed by atoms with Gasteiger partial charge in [0.15, 0.2) is 5.75 Å². The van der Waals surface area contributed by atoms with E-state index < -0.39 is 8.25 Å². The van der Waals surface area contributed by atoms with E-state index in [4.69, 9.17) is 9.42 Å². The molecular weight excluding hydrogens is 279 g/mol. The molecule has 0 heterocycles. The maximum absolute atomic E-state index is 10.5. The van der Waals surface area contributed by atoms with Crippen LogP contribution in [0.1, 0.15) is 0 Å². The van der Waals surface area contributed by atoms with E-state index in [-0.39, 0.29) is 0 Å². The number of hydrogen-bond donors (Lipinski definition) is 1. The van der Waals surface area contributed by atoms with Crippen molar-refractivity contribution in [1.82, 2.24) is 0 Å². The maximum Gasteiger partial charge on any atom is 0.747 e. The summed E-state index contributed by atoms with van der Waals surface area (Å²) in [6.45, 7) is 0. The molecule has 0 bridgehead atoms. The SMILES string of the molecule is O=[P+](O)Oc1ccc2cc(Br)ccc2c1. The van der Waals surface area contributed by atoms with Crippen molar-refractivity contribution in [3.05, 3.63) is 40.9 Å². The molecular formula is C10H7BrO3P+. The second-order valence-electron chi connectivity index (χ2n) is 2.98. The van der Waals surface area contributed by atoms with E-state index >= 15 is 0 Å². The van der Waals surface area contributed by atoms with Crippen molar-refractivity contribution in [3.63, 3.8) is 0 Å². The lowest BCUT2D eigenvalue weighted by atomic mass is 10.1. The van der Waals surface area contributed by atoms with E-state index in [9.17, 15) is 4.57 Å². The first-order chi connectivity index (χ1) is 7.15. The van der Waals surface area contributed by atoms with E-state index in [1.54, 1.807) is 12.1 Å². The minimum absolute atomic E-state index is 0.397. The van der Waals surface area contributed by atoms with Crippen molar-refractivity contribution >= 4 is 35.0 Å². The molecule has 0 saturated carbocycles. The van der Waals surface area contributed by atoms with Crippen molar-refractivity contribution in [2.24, 2.45) is 0 Å². The van der Waals surface area contributed by atoms with Gasteiger partial charge in [0.05, 0.1) is 0 Å². The highest BCUT2D eigenvalue weighted by molar-refractivity contribution is 9.10. The quantitative estimate of drug-likeness (QED) is 0.857. The fraction of sp³-hybridized carbons (Fsp3) is 0. The summed E-state index contributed by atoms with van der Waals surface area (Å²) in [5, 5.41) is 2.01. The van der Waals surface area contributed by atoms with Crippen molar-refractivity contribution in [1.29, 1.82) is 0 Å². The molecule has 2 rings (SSSR count). The standard InChI is InChI=1S/C10H6BrO3P/c11-9-3-1-8-6-10(14-15(12)13)4-2-7(8)5-9/h1-6H/p+1. The predicted octanol–water partition coefficient (Wildman–Crippen LogP) is 3.63. The minimum Gasteiger partial charge on any atom is -0.229 e. The van der Waals surface area contributed by atoms with E-state index in [1.807, 2.05) is 24.3 Å². The Morgan fingerprint density at radius 1 is 1.13 bits per heavy atom. The van der Waals surface area contributed by atoms with Crippen molar-refractivity contribution in [2.45, 2.75) is 0 Å². The van der Waals surface area contributed by atoms with Gasteiger partial charge in [-0.3, -0.25) is 0 Å². The molecule has 0 aromatic heterocycles. The third kappa shape index (κ3) is 2.53. The molecule has 0 aliphatic carbocycles. The van der Waals surface area contributed by atoms with Gasteiger partial charge in [0.1, 0.15) is 0 Å². The Labute approximate surface area is 95.8 Å². The summed E-state index contributed by atoms with van der Waals surface area (Å²) in [6, 6.07) is 11.0. The zero-order valence-electron chi connectivity index (χ0n) is 7.55. The molecule has 1 unspecified atom stereocenters. The van der Waals surface area contributed by atoms with Gasteiger partial charge in [0.2, 0.25) is 0 Å². The van der Waals surface area contributed by atoms with Gasteiger partial charge in [0.25, 0.3) is 0 Å². The lowest BCUT2D eigenvalue weighted by molar-refractivity contribution is 0.411. The summed E-state index contributed by atoms with van der Waals surface area (Å²) in [5.74, 6) is 0.397. The molecule has 5 heteroatoms. The van der Waals surface area contributed by atoms with E-state index in [1.165, 1.54) is 0 Å². The molecule has 0 aliphatic rings. The molecule has 2 aromatic carbocycles. The fourth-order valence-corrected chi connectivity index (χ4v) is 2.01. The largest absolute Gasteiger partial charge is 0.747 e. The van der Waals surface area contributed by atoms with Gasteiger partial charge in [-0.1, -0.05) is 28.1 Å². The molecule has 1 N–H and O–H groups in total. The third-order valence-corrected chi connectivity index (χ3v) is 2.82. The van der Waals surface area contributed by atoms with Crippen molar-refractivity contribution in [2.75, 3.05) is 0 Å². The minimum atomic E-state index is -2.60. The number of rotatable bonds is 2. The normalized spacial score (nSPS) is 11.5. The first-order valence-electron chi connectivity index (χ1n) is 4.18. The Balaban J connectivity index is 2.47. The first-order valence-corrected chi connectivity index (χ1v) is 6.11. The highest BCUT2D eigenvalue weighted by atomic mass is 79.9. The van der Waals surface area contributed by atoms with E-state index in [0.717, 1.165) is 15.2 Å². The van der Waals surface area contributed by atoms with Crippen LogP contribution in [0.2, 0.25) is 0 Å². The van der Waals surface area contributed by atoms with Crippen molar-refractivity contribution in [3.8, 4) is 5.75 Å². The average Bonchev–Trinajstić information content (AvgIpc) is 2.17. The van der Waals surface area contributed by atoms with Gasteiger partial charge in [0, 0.05) is 9.04 Å². The summed E-state index contributed by atoms with van der Waals surface area (Å²) in [6.07, 6.45) is 0. The Morgan fingerprint density at radius 3 is 2.53 bits per heavy atom. The summed E-state index contributed by atoms with van der Waals surface area (Å²) >= 11 is 3.37. The Kier molecular flexibility index (Phi) is 3.00. The maximum atomic E-state index is 10.5. The lowest BCUT2D eigenvalue weighted by Gasteiger charge is -1.98. The summed E-state index contributed by atoms with van der Waals surface area (Å²) in [5.41, 5.74) is 0. The number of benzene rings is 2. The van der Waals surface area contributed by atoms with Gasteiger partial charge in [-0.2, -0.15) is 0 Å². The lowest BCUT2D eigenvalue weighted by Crippen LogP contribution is -1.80. The molecule has 0 radical (unpaired) electrons. The van der Waals surface area contributed by atoms with Crippen LogP contribution in [0.25, 0.3) is 10.8 Å². The number of halogens is 1. The van der Waals surface area contributed by atoms with Gasteiger partial charge in [-0.05, 0) is 35.0 Å². The second-order valence-corrected chi connectivity index (χ2v) is 4.56. The summed E-state index contributed by atoms with van der Waals surface area (Å²) in [4.78, 5) is 8.60. The smallest absolute Gasteiger partial charge is 0.229 e. The number of fused-ring (bicyclic) bond motifs is 1. The van der Waals surface area contributed by atoms with Crippen LogP contribution in [-0.2, 0) is 4.57 Å². The molecule has 0 saturated heterocycles. The molecule has 0 amide bonds. The molecule has 0 aliphatic heterocycles. The van der Waals surface area contributed by atoms with Crippen molar-refractivity contribution < 1.29 is 14.0 Å². The molecule has 0 spiro atoms. The van der Waals surface area contributed by atoms with Gasteiger partial charge >= 0.3 is 8.25 Å². The predicted molar refractivity (Wildman–Crippen MR) is 62.1 cm³/mol. The van der Waals surface area contributed by atoms with Crippen LogP contribution in [0.4, 0.5) is 0 Å². The Hall–Kier alpha value is -0.960. The number of hydrogen-bond acceptors (Lipinski definition) is 2. The summed E-state index contributed by atoms with van der Waals surface area (Å²) < 4.78 is 16.2. The van der Waals surface area contributed by atoms with Crippen LogP contribution >= 0.6 is 24.2 Å². The first kappa shape index (κ1) is 10.6. The van der Waals surface area contributed by atoms with Gasteiger partial charge < -0.3 is 0 Å². The third-order valence-electron chi connectivity index (χ3n) is 1.96. The topological polar surface area (TPSA) is 46.5 Å².